The summed E-state index contributed by atoms with van der Waals surface area (Å²) in [7, 11) is 0. The van der Waals surface area contributed by atoms with Crippen molar-refractivity contribution in [2.45, 2.75) is 19.5 Å². The van der Waals surface area contributed by atoms with Crippen LogP contribution in [0.25, 0.3) is 0 Å². The number of amides is 1. The first-order chi connectivity index (χ1) is 13.4. The zero-order chi connectivity index (χ0) is 20.4. The van der Waals surface area contributed by atoms with Crippen LogP contribution >= 0.6 is 0 Å². The Labute approximate surface area is 161 Å². The van der Waals surface area contributed by atoms with Crippen LogP contribution in [0.2, 0.25) is 0 Å². The number of alkyl halides is 3. The van der Waals surface area contributed by atoms with Gasteiger partial charge in [0.25, 0.3) is 5.91 Å². The molecule has 0 aliphatic rings. The highest BCUT2D eigenvalue weighted by Gasteiger charge is 2.29. The summed E-state index contributed by atoms with van der Waals surface area (Å²) in [5.74, 6) is 0.523. The molecule has 2 rings (SSSR count). The first-order valence-corrected chi connectivity index (χ1v) is 8.90. The molecule has 0 atom stereocenters. The second kappa shape index (κ2) is 10.4. The highest BCUT2D eigenvalue weighted by Crippen LogP contribution is 2.29. The van der Waals surface area contributed by atoms with E-state index in [1.807, 2.05) is 6.92 Å². The Morgan fingerprint density at radius 3 is 2.39 bits per heavy atom. The smallest absolute Gasteiger partial charge is 0.416 e. The summed E-state index contributed by atoms with van der Waals surface area (Å²) in [4.78, 5) is 16.1. The highest BCUT2D eigenvalue weighted by atomic mass is 19.4. The normalized spacial score (nSPS) is 11.9. The van der Waals surface area contributed by atoms with Gasteiger partial charge in [0.1, 0.15) is 0 Å². The quantitative estimate of drug-likeness (QED) is 0.364. The Morgan fingerprint density at radius 2 is 1.79 bits per heavy atom. The van der Waals surface area contributed by atoms with Crippen LogP contribution in [0.1, 0.15) is 28.6 Å². The van der Waals surface area contributed by atoms with Gasteiger partial charge in [0.15, 0.2) is 11.7 Å². The molecule has 0 bridgehead atoms. The number of guanidine groups is 1. The Hall–Kier alpha value is -2.97. The maximum absolute atomic E-state index is 12.6. The van der Waals surface area contributed by atoms with Gasteiger partial charge in [0.2, 0.25) is 0 Å². The van der Waals surface area contributed by atoms with E-state index in [2.05, 4.69) is 20.9 Å². The van der Waals surface area contributed by atoms with Crippen molar-refractivity contribution >= 4 is 11.9 Å². The van der Waals surface area contributed by atoms with Gasteiger partial charge in [-0.15, -0.1) is 0 Å². The van der Waals surface area contributed by atoms with E-state index in [-0.39, 0.29) is 11.7 Å². The third kappa shape index (κ3) is 6.98. The summed E-state index contributed by atoms with van der Waals surface area (Å²) in [5.41, 5.74) is 0.115. The molecule has 0 spiro atoms. The standard InChI is InChI=1S/C19H23F3N4O2/c1-2-23-18(26-12-11-24-17(27)16-4-3-13-28-16)25-10-9-14-5-7-15(8-6-14)19(20,21)22/h3-8,13H,2,9-12H2,1H3,(H,24,27)(H2,23,25,26). The molecular weight excluding hydrogens is 373 g/mol. The summed E-state index contributed by atoms with van der Waals surface area (Å²) in [6.45, 7) is 3.83. The topological polar surface area (TPSA) is 78.7 Å². The van der Waals surface area contributed by atoms with Crippen molar-refractivity contribution in [1.29, 1.82) is 0 Å². The van der Waals surface area contributed by atoms with E-state index in [0.29, 0.717) is 38.6 Å². The van der Waals surface area contributed by atoms with Gasteiger partial charge in [-0.3, -0.25) is 9.79 Å². The number of halogens is 3. The molecule has 1 heterocycles. The Kier molecular flexibility index (Phi) is 7.91. The average Bonchev–Trinajstić information content (AvgIpc) is 3.19. The molecule has 2 aromatic rings. The van der Waals surface area contributed by atoms with E-state index in [9.17, 15) is 18.0 Å². The van der Waals surface area contributed by atoms with Gasteiger partial charge in [0.05, 0.1) is 11.8 Å². The van der Waals surface area contributed by atoms with E-state index in [1.54, 1.807) is 12.1 Å². The molecule has 0 aliphatic carbocycles. The lowest BCUT2D eigenvalue weighted by molar-refractivity contribution is -0.137. The van der Waals surface area contributed by atoms with Crippen LogP contribution in [-0.4, -0.2) is 38.0 Å². The Morgan fingerprint density at radius 1 is 1.07 bits per heavy atom. The van der Waals surface area contributed by atoms with Crippen LogP contribution in [0.15, 0.2) is 52.1 Å². The first kappa shape index (κ1) is 21.3. The molecule has 0 fully saturated rings. The molecule has 0 aliphatic heterocycles. The number of aliphatic imine (C=N–C) groups is 1. The average molecular weight is 396 g/mol. The largest absolute Gasteiger partial charge is 0.459 e. The van der Waals surface area contributed by atoms with Gasteiger partial charge in [-0.2, -0.15) is 13.2 Å². The lowest BCUT2D eigenvalue weighted by Gasteiger charge is -2.12. The van der Waals surface area contributed by atoms with Crippen molar-refractivity contribution in [1.82, 2.24) is 16.0 Å². The molecule has 1 aromatic heterocycles. The molecule has 0 unspecified atom stereocenters. The molecule has 9 heteroatoms. The van der Waals surface area contributed by atoms with E-state index < -0.39 is 11.7 Å². The van der Waals surface area contributed by atoms with Gasteiger partial charge in [0, 0.05) is 26.2 Å². The number of hydrogen-bond acceptors (Lipinski definition) is 3. The Balaban J connectivity index is 1.76. The molecule has 0 saturated heterocycles. The van der Waals surface area contributed by atoms with Crippen LogP contribution < -0.4 is 16.0 Å². The second-order valence-corrected chi connectivity index (χ2v) is 5.87. The van der Waals surface area contributed by atoms with Gasteiger partial charge in [-0.25, -0.2) is 0 Å². The number of nitrogens with zero attached hydrogens (tertiary/aromatic N) is 1. The van der Waals surface area contributed by atoms with Gasteiger partial charge in [-0.05, 0) is 43.2 Å². The molecule has 0 radical (unpaired) electrons. The summed E-state index contributed by atoms with van der Waals surface area (Å²) in [6.07, 6.45) is -2.38. The molecule has 6 nitrogen and oxygen atoms in total. The fourth-order valence-electron chi connectivity index (χ4n) is 2.35. The predicted octanol–water partition coefficient (Wildman–Crippen LogP) is 2.83. The number of carbonyl (C=O) groups excluding carboxylic acids is 1. The lowest BCUT2D eigenvalue weighted by atomic mass is 10.1. The first-order valence-electron chi connectivity index (χ1n) is 8.90. The summed E-state index contributed by atoms with van der Waals surface area (Å²) >= 11 is 0. The predicted molar refractivity (Wildman–Crippen MR) is 100 cm³/mol. The number of furan rings is 1. The monoisotopic (exact) mass is 396 g/mol. The van der Waals surface area contributed by atoms with E-state index in [0.717, 1.165) is 17.7 Å². The molecule has 1 aromatic carbocycles. The molecular formula is C19H23F3N4O2. The number of rotatable bonds is 8. The third-order valence-corrected chi connectivity index (χ3v) is 3.74. The van der Waals surface area contributed by atoms with Crippen molar-refractivity contribution in [3.8, 4) is 0 Å². The van der Waals surface area contributed by atoms with Crippen LogP contribution in [0.4, 0.5) is 13.2 Å². The van der Waals surface area contributed by atoms with Crippen molar-refractivity contribution in [2.24, 2.45) is 4.99 Å². The fraction of sp³-hybridized carbons (Fsp3) is 0.368. The molecule has 1 amide bonds. The highest BCUT2D eigenvalue weighted by molar-refractivity contribution is 5.91. The zero-order valence-corrected chi connectivity index (χ0v) is 15.5. The molecule has 28 heavy (non-hydrogen) atoms. The van der Waals surface area contributed by atoms with Crippen LogP contribution in [-0.2, 0) is 12.6 Å². The molecule has 3 N–H and O–H groups in total. The maximum Gasteiger partial charge on any atom is 0.416 e. The number of hydrogen-bond donors (Lipinski definition) is 3. The lowest BCUT2D eigenvalue weighted by Crippen LogP contribution is -2.41. The number of benzene rings is 1. The Bertz CT molecular complexity index is 756. The minimum atomic E-state index is -4.33. The number of carbonyl (C=O) groups is 1. The minimum Gasteiger partial charge on any atom is -0.459 e. The molecule has 152 valence electrons. The molecule has 0 saturated carbocycles. The van der Waals surface area contributed by atoms with E-state index in [1.165, 1.54) is 18.4 Å². The fourth-order valence-corrected chi connectivity index (χ4v) is 2.35. The minimum absolute atomic E-state index is 0.247. The van der Waals surface area contributed by atoms with Crippen molar-refractivity contribution < 1.29 is 22.4 Å². The maximum atomic E-state index is 12.6. The van der Waals surface area contributed by atoms with Gasteiger partial charge in [-0.1, -0.05) is 12.1 Å². The summed E-state index contributed by atoms with van der Waals surface area (Å²) in [5, 5.41) is 8.87. The van der Waals surface area contributed by atoms with Crippen LogP contribution in [0.5, 0.6) is 0 Å². The zero-order valence-electron chi connectivity index (χ0n) is 15.5. The van der Waals surface area contributed by atoms with Gasteiger partial charge < -0.3 is 20.4 Å². The van der Waals surface area contributed by atoms with Gasteiger partial charge >= 0.3 is 6.18 Å². The van der Waals surface area contributed by atoms with E-state index >= 15 is 0 Å². The number of nitrogens with one attached hydrogen (secondary N) is 3. The van der Waals surface area contributed by atoms with E-state index in [4.69, 9.17) is 4.42 Å². The van der Waals surface area contributed by atoms with Crippen molar-refractivity contribution in [2.75, 3.05) is 26.2 Å². The van der Waals surface area contributed by atoms with Crippen molar-refractivity contribution in [3.63, 3.8) is 0 Å². The second-order valence-electron chi connectivity index (χ2n) is 5.87. The summed E-state index contributed by atoms with van der Waals surface area (Å²) in [6, 6.07) is 8.29. The van der Waals surface area contributed by atoms with Crippen molar-refractivity contribution in [3.05, 3.63) is 59.5 Å². The third-order valence-electron chi connectivity index (χ3n) is 3.74. The van der Waals surface area contributed by atoms with Crippen LogP contribution in [0, 0.1) is 0 Å². The SMILES string of the molecule is CCNC(=NCCc1ccc(C(F)(F)F)cc1)NCCNC(=O)c1ccco1. The van der Waals surface area contributed by atoms with Crippen LogP contribution in [0.3, 0.4) is 0 Å². The summed E-state index contributed by atoms with van der Waals surface area (Å²) < 4.78 is 42.7.